The zero-order chi connectivity index (χ0) is 18.4. The van der Waals surface area contributed by atoms with Gasteiger partial charge in [-0.05, 0) is 11.5 Å². The Bertz CT molecular complexity index is 980. The maximum absolute atomic E-state index is 11.9. The molecular formula is C19H16N4O3. The predicted molar refractivity (Wildman–Crippen MR) is 101 cm³/mol. The molecule has 0 aliphatic heterocycles. The van der Waals surface area contributed by atoms with Crippen LogP contribution < -0.4 is 10.7 Å². The second-order valence-corrected chi connectivity index (χ2v) is 5.53. The Kier molecular flexibility index (Phi) is 5.19. The summed E-state index contributed by atoms with van der Waals surface area (Å²) in [5.41, 5.74) is 3.76. The van der Waals surface area contributed by atoms with Crippen molar-refractivity contribution in [3.63, 3.8) is 0 Å². The average Bonchev–Trinajstić information content (AvgIpc) is 2.66. The second-order valence-electron chi connectivity index (χ2n) is 5.53. The van der Waals surface area contributed by atoms with Crippen LogP contribution >= 0.6 is 0 Å². The highest BCUT2D eigenvalue weighted by atomic mass is 16.6. The van der Waals surface area contributed by atoms with Crippen molar-refractivity contribution >= 4 is 34.3 Å². The van der Waals surface area contributed by atoms with Gasteiger partial charge in [-0.15, -0.1) is 0 Å². The minimum Gasteiger partial charge on any atom is -0.376 e. The van der Waals surface area contributed by atoms with E-state index in [1.165, 1.54) is 18.3 Å². The van der Waals surface area contributed by atoms with Gasteiger partial charge in [0.05, 0.1) is 17.7 Å². The molecule has 26 heavy (non-hydrogen) atoms. The van der Waals surface area contributed by atoms with Crippen molar-refractivity contribution < 1.29 is 9.72 Å². The number of carbonyl (C=O) groups is 1. The van der Waals surface area contributed by atoms with Crippen LogP contribution in [0.5, 0.6) is 0 Å². The third-order valence-electron chi connectivity index (χ3n) is 3.71. The number of benzene rings is 3. The third-order valence-corrected chi connectivity index (χ3v) is 3.71. The molecule has 0 saturated heterocycles. The number of nitrogens with one attached hydrogen (secondary N) is 2. The Hall–Kier alpha value is -3.74. The lowest BCUT2D eigenvalue weighted by atomic mass is 10.1. The summed E-state index contributed by atoms with van der Waals surface area (Å²) in [6.45, 7) is 0.0558. The maximum atomic E-state index is 11.9. The van der Waals surface area contributed by atoms with E-state index in [4.69, 9.17) is 0 Å². The van der Waals surface area contributed by atoms with Gasteiger partial charge < -0.3 is 5.32 Å². The van der Waals surface area contributed by atoms with E-state index in [1.54, 1.807) is 12.1 Å². The first-order valence-corrected chi connectivity index (χ1v) is 7.91. The summed E-state index contributed by atoms with van der Waals surface area (Å²) in [7, 11) is 0. The molecule has 0 unspecified atom stereocenters. The highest BCUT2D eigenvalue weighted by molar-refractivity contribution is 5.95. The molecule has 3 aromatic rings. The quantitative estimate of drug-likeness (QED) is 0.406. The maximum Gasteiger partial charge on any atom is 0.270 e. The number of nitro benzene ring substituents is 1. The molecule has 0 heterocycles. The van der Waals surface area contributed by atoms with Crippen LogP contribution in [0, 0.1) is 10.1 Å². The molecule has 0 saturated carbocycles. The smallest absolute Gasteiger partial charge is 0.270 e. The Morgan fingerprint density at radius 3 is 2.69 bits per heavy atom. The summed E-state index contributed by atoms with van der Waals surface area (Å²) in [4.78, 5) is 22.2. The molecule has 0 atom stereocenters. The van der Waals surface area contributed by atoms with Gasteiger partial charge in [-0.2, -0.15) is 5.10 Å². The van der Waals surface area contributed by atoms with Gasteiger partial charge in [0, 0.05) is 28.8 Å². The lowest BCUT2D eigenvalue weighted by Crippen LogP contribution is -2.25. The van der Waals surface area contributed by atoms with Gasteiger partial charge in [-0.1, -0.05) is 48.5 Å². The molecule has 3 rings (SSSR count). The van der Waals surface area contributed by atoms with E-state index in [0.717, 1.165) is 16.5 Å². The highest BCUT2D eigenvalue weighted by Crippen LogP contribution is 2.22. The van der Waals surface area contributed by atoms with Crippen molar-refractivity contribution in [2.24, 2.45) is 5.10 Å². The van der Waals surface area contributed by atoms with E-state index in [0.29, 0.717) is 5.56 Å². The third kappa shape index (κ3) is 4.21. The molecule has 0 bridgehead atoms. The van der Waals surface area contributed by atoms with Crippen LogP contribution in [0.3, 0.4) is 0 Å². The zero-order valence-corrected chi connectivity index (χ0v) is 13.8. The first-order valence-electron chi connectivity index (χ1n) is 7.91. The number of anilines is 1. The van der Waals surface area contributed by atoms with Crippen LogP contribution in [0.2, 0.25) is 0 Å². The molecule has 1 amide bonds. The highest BCUT2D eigenvalue weighted by Gasteiger charge is 2.05. The number of hydrogen-bond donors (Lipinski definition) is 2. The van der Waals surface area contributed by atoms with Gasteiger partial charge in [0.1, 0.15) is 0 Å². The number of rotatable bonds is 6. The summed E-state index contributed by atoms with van der Waals surface area (Å²) < 4.78 is 0. The average molecular weight is 348 g/mol. The number of nitro groups is 1. The number of amides is 1. The molecular weight excluding hydrogens is 332 g/mol. The number of carbonyl (C=O) groups excluding carboxylic acids is 1. The molecule has 7 nitrogen and oxygen atoms in total. The Labute approximate surface area is 149 Å². The van der Waals surface area contributed by atoms with E-state index in [9.17, 15) is 14.9 Å². The van der Waals surface area contributed by atoms with E-state index >= 15 is 0 Å². The predicted octanol–water partition coefficient (Wildman–Crippen LogP) is 3.31. The molecule has 0 aromatic heterocycles. The van der Waals surface area contributed by atoms with Crippen molar-refractivity contribution in [1.29, 1.82) is 0 Å². The fourth-order valence-electron chi connectivity index (χ4n) is 2.49. The molecule has 0 aliphatic carbocycles. The van der Waals surface area contributed by atoms with Crippen LogP contribution in [-0.4, -0.2) is 23.6 Å². The lowest BCUT2D eigenvalue weighted by Gasteiger charge is -2.08. The lowest BCUT2D eigenvalue weighted by molar-refractivity contribution is -0.384. The molecule has 7 heteroatoms. The van der Waals surface area contributed by atoms with Crippen LogP contribution in [0.15, 0.2) is 71.8 Å². The summed E-state index contributed by atoms with van der Waals surface area (Å²) in [6, 6.07) is 19.7. The molecule has 2 N–H and O–H groups in total. The topological polar surface area (TPSA) is 96.6 Å². The van der Waals surface area contributed by atoms with E-state index < -0.39 is 4.92 Å². The molecule has 130 valence electrons. The Morgan fingerprint density at radius 1 is 1.08 bits per heavy atom. The second kappa shape index (κ2) is 7.89. The molecule has 0 radical (unpaired) electrons. The van der Waals surface area contributed by atoms with Gasteiger partial charge >= 0.3 is 0 Å². The van der Waals surface area contributed by atoms with Crippen molar-refractivity contribution in [1.82, 2.24) is 5.43 Å². The largest absolute Gasteiger partial charge is 0.376 e. The van der Waals surface area contributed by atoms with Gasteiger partial charge in [-0.25, -0.2) is 5.43 Å². The van der Waals surface area contributed by atoms with E-state index in [1.807, 2.05) is 42.5 Å². The number of hydrogen-bond acceptors (Lipinski definition) is 5. The Morgan fingerprint density at radius 2 is 1.85 bits per heavy atom. The van der Waals surface area contributed by atoms with Crippen LogP contribution in [0.25, 0.3) is 10.8 Å². The summed E-state index contributed by atoms with van der Waals surface area (Å²) in [5, 5.41) is 19.8. The van der Waals surface area contributed by atoms with Gasteiger partial charge in [0.2, 0.25) is 0 Å². The number of fused-ring (bicyclic) bond motifs is 1. The number of nitrogens with zero attached hydrogens (tertiary/aromatic N) is 2. The normalized spacial score (nSPS) is 10.8. The van der Waals surface area contributed by atoms with Gasteiger partial charge in [0.25, 0.3) is 11.6 Å². The first kappa shape index (κ1) is 17.1. The molecule has 0 fully saturated rings. The van der Waals surface area contributed by atoms with Crippen molar-refractivity contribution in [3.8, 4) is 0 Å². The van der Waals surface area contributed by atoms with E-state index in [2.05, 4.69) is 15.8 Å². The standard InChI is InChI=1S/C19H16N4O3/c24-19(22-21-12-14-5-3-8-16(11-14)23(25)26)13-20-18-10-4-7-15-6-1-2-9-17(15)18/h1-12,20H,13H2,(H,22,24). The van der Waals surface area contributed by atoms with Gasteiger partial charge in [-0.3, -0.25) is 14.9 Å². The molecule has 0 aliphatic rings. The zero-order valence-electron chi connectivity index (χ0n) is 13.8. The minimum absolute atomic E-state index is 0.0297. The monoisotopic (exact) mass is 348 g/mol. The number of non-ortho nitro benzene ring substituents is 1. The molecule has 0 spiro atoms. The fourth-order valence-corrected chi connectivity index (χ4v) is 2.49. The Balaban J connectivity index is 1.57. The van der Waals surface area contributed by atoms with Crippen LogP contribution in [-0.2, 0) is 4.79 Å². The SMILES string of the molecule is O=C(CNc1cccc2ccccc12)NN=Cc1cccc([N+](=O)[O-])c1. The fraction of sp³-hybridized carbons (Fsp3) is 0.0526. The van der Waals surface area contributed by atoms with Crippen molar-refractivity contribution in [2.75, 3.05) is 11.9 Å². The summed E-state index contributed by atoms with van der Waals surface area (Å²) >= 11 is 0. The van der Waals surface area contributed by atoms with Gasteiger partial charge in [0.15, 0.2) is 0 Å². The first-order chi connectivity index (χ1) is 12.6. The van der Waals surface area contributed by atoms with Crippen LogP contribution in [0.1, 0.15) is 5.56 Å². The summed E-state index contributed by atoms with van der Waals surface area (Å²) in [5.74, 6) is -0.320. The molecule has 3 aromatic carbocycles. The van der Waals surface area contributed by atoms with Crippen molar-refractivity contribution in [3.05, 3.63) is 82.4 Å². The summed E-state index contributed by atoms with van der Waals surface area (Å²) in [6.07, 6.45) is 1.36. The minimum atomic E-state index is -0.482. The van der Waals surface area contributed by atoms with Crippen LogP contribution in [0.4, 0.5) is 11.4 Å². The van der Waals surface area contributed by atoms with E-state index in [-0.39, 0.29) is 18.1 Å². The number of hydrazone groups is 1. The van der Waals surface area contributed by atoms with Crippen molar-refractivity contribution in [2.45, 2.75) is 0 Å².